The van der Waals surface area contributed by atoms with Crippen molar-refractivity contribution < 1.29 is 28.5 Å². The largest absolute Gasteiger partial charge is 0.462 e. The van der Waals surface area contributed by atoms with Gasteiger partial charge in [-0.1, -0.05) is 36.9 Å². The van der Waals surface area contributed by atoms with Gasteiger partial charge in [0.2, 0.25) is 0 Å². The highest BCUT2D eigenvalue weighted by molar-refractivity contribution is 5.87. The van der Waals surface area contributed by atoms with Gasteiger partial charge in [0.25, 0.3) is 0 Å². The molecule has 6 nitrogen and oxygen atoms in total. The lowest BCUT2D eigenvalue weighted by molar-refractivity contribution is -0.361. The zero-order valence-electron chi connectivity index (χ0n) is 19.5. The Balaban J connectivity index is 2.63. The molecule has 1 rings (SSSR count). The van der Waals surface area contributed by atoms with Gasteiger partial charge in [-0.3, -0.25) is 0 Å². The van der Waals surface area contributed by atoms with Crippen LogP contribution < -0.4 is 0 Å². The highest BCUT2D eigenvalue weighted by Gasteiger charge is 2.36. The quantitative estimate of drug-likeness (QED) is 0.180. The number of hydrogen-bond donors (Lipinski definition) is 0. The molecule has 0 radical (unpaired) electrons. The Morgan fingerprint density at radius 2 is 1.52 bits per heavy atom. The fourth-order valence-electron chi connectivity index (χ4n) is 2.81. The van der Waals surface area contributed by atoms with Crippen LogP contribution in [0, 0.1) is 0 Å². The highest BCUT2D eigenvalue weighted by Crippen LogP contribution is 2.24. The van der Waals surface area contributed by atoms with Gasteiger partial charge in [0, 0.05) is 17.6 Å². The lowest BCUT2D eigenvalue weighted by atomic mass is 10.0. The van der Waals surface area contributed by atoms with Crippen LogP contribution in [0.25, 0.3) is 0 Å². The van der Waals surface area contributed by atoms with Crippen molar-refractivity contribution in [2.75, 3.05) is 19.8 Å². The Morgan fingerprint density at radius 1 is 0.968 bits per heavy atom. The van der Waals surface area contributed by atoms with Gasteiger partial charge in [-0.25, -0.2) is 9.59 Å². The third-order valence-electron chi connectivity index (χ3n) is 4.67. The molecule has 0 unspecified atom stereocenters. The van der Waals surface area contributed by atoms with E-state index >= 15 is 0 Å². The summed E-state index contributed by atoms with van der Waals surface area (Å²) in [5.74, 6) is -2.23. The minimum atomic E-state index is -1.42. The Labute approximate surface area is 186 Å². The van der Waals surface area contributed by atoms with E-state index in [1.54, 1.807) is 19.9 Å². The van der Waals surface area contributed by atoms with Gasteiger partial charge in [0.1, 0.15) is 0 Å². The number of ether oxygens (including phenoxy) is 4. The Kier molecular flexibility index (Phi) is 11.8. The fourth-order valence-corrected chi connectivity index (χ4v) is 2.81. The van der Waals surface area contributed by atoms with Crippen molar-refractivity contribution in [2.24, 2.45) is 0 Å². The first-order chi connectivity index (χ1) is 14.8. The Bertz CT molecular complexity index is 742. The SMILES string of the molecule is C=C(C)C(=O)OC(CCc1ccc(CCCOC(=O)C(C)=CC)cc1)(OCC)OCC. The molecule has 0 heterocycles. The van der Waals surface area contributed by atoms with Crippen molar-refractivity contribution in [2.45, 2.75) is 66.3 Å². The third kappa shape index (κ3) is 9.49. The van der Waals surface area contributed by atoms with Crippen molar-refractivity contribution in [3.8, 4) is 0 Å². The molecule has 1 aromatic carbocycles. The van der Waals surface area contributed by atoms with E-state index in [-0.39, 0.29) is 5.97 Å². The number of allylic oxidation sites excluding steroid dienone is 1. The minimum absolute atomic E-state index is 0.266. The van der Waals surface area contributed by atoms with E-state index in [1.165, 1.54) is 0 Å². The lowest BCUT2D eigenvalue weighted by Gasteiger charge is -2.32. The van der Waals surface area contributed by atoms with Gasteiger partial charge in [-0.15, -0.1) is 0 Å². The summed E-state index contributed by atoms with van der Waals surface area (Å²) in [6, 6.07) is 8.18. The summed E-state index contributed by atoms with van der Waals surface area (Å²) in [4.78, 5) is 23.7. The summed E-state index contributed by atoms with van der Waals surface area (Å²) in [6.45, 7) is 13.5. The average molecular weight is 433 g/mol. The maximum Gasteiger partial charge on any atom is 0.337 e. The van der Waals surface area contributed by atoms with E-state index in [2.05, 4.69) is 18.7 Å². The lowest BCUT2D eigenvalue weighted by Crippen LogP contribution is -2.42. The first-order valence-corrected chi connectivity index (χ1v) is 10.8. The molecule has 0 N–H and O–H groups in total. The first-order valence-electron chi connectivity index (χ1n) is 10.8. The van der Waals surface area contributed by atoms with Crippen LogP contribution >= 0.6 is 0 Å². The van der Waals surface area contributed by atoms with E-state index < -0.39 is 11.9 Å². The van der Waals surface area contributed by atoms with E-state index in [0.717, 1.165) is 24.0 Å². The normalized spacial score (nSPS) is 11.8. The third-order valence-corrected chi connectivity index (χ3v) is 4.67. The summed E-state index contributed by atoms with van der Waals surface area (Å²) in [7, 11) is 0. The van der Waals surface area contributed by atoms with Crippen LogP contribution in [0.1, 0.15) is 58.6 Å². The molecule has 0 atom stereocenters. The molecule has 0 saturated heterocycles. The van der Waals surface area contributed by atoms with Crippen molar-refractivity contribution in [3.63, 3.8) is 0 Å². The zero-order chi connectivity index (χ0) is 23.3. The predicted octanol–water partition coefficient (Wildman–Crippen LogP) is 4.91. The predicted molar refractivity (Wildman–Crippen MR) is 120 cm³/mol. The van der Waals surface area contributed by atoms with Crippen LogP contribution in [0.15, 0.2) is 48.1 Å². The van der Waals surface area contributed by atoms with E-state index in [0.29, 0.717) is 43.8 Å². The van der Waals surface area contributed by atoms with Crippen molar-refractivity contribution in [1.29, 1.82) is 0 Å². The maximum atomic E-state index is 12.1. The molecular formula is C25H36O6. The van der Waals surface area contributed by atoms with Gasteiger partial charge >= 0.3 is 17.9 Å². The summed E-state index contributed by atoms with van der Waals surface area (Å²) >= 11 is 0. The molecule has 0 saturated carbocycles. The highest BCUT2D eigenvalue weighted by atomic mass is 16.9. The second-order valence-electron chi connectivity index (χ2n) is 7.25. The van der Waals surface area contributed by atoms with Crippen LogP contribution in [0.2, 0.25) is 0 Å². The zero-order valence-corrected chi connectivity index (χ0v) is 19.5. The number of benzene rings is 1. The number of rotatable bonds is 14. The van der Waals surface area contributed by atoms with E-state index in [4.69, 9.17) is 18.9 Å². The van der Waals surface area contributed by atoms with Gasteiger partial charge in [0.15, 0.2) is 0 Å². The second-order valence-corrected chi connectivity index (χ2v) is 7.25. The molecule has 0 aliphatic heterocycles. The Morgan fingerprint density at radius 3 is 2.00 bits per heavy atom. The number of carbonyl (C=O) groups is 2. The van der Waals surface area contributed by atoms with Gasteiger partial charge in [-0.05, 0) is 65.0 Å². The molecular weight excluding hydrogens is 396 g/mol. The minimum Gasteiger partial charge on any atom is -0.462 e. The molecule has 0 spiro atoms. The monoisotopic (exact) mass is 432 g/mol. The van der Waals surface area contributed by atoms with Crippen LogP contribution in [-0.4, -0.2) is 37.7 Å². The van der Waals surface area contributed by atoms with Gasteiger partial charge in [0.05, 0.1) is 19.8 Å². The standard InChI is InChI=1S/C25H36O6/c1-7-20(6)24(27)28-18-10-11-21-12-14-22(15-13-21)16-17-25(29-8-2,30-9-3)31-23(26)19(4)5/h7,12-15H,4,8-11,16-18H2,1-3,5-6H3. The maximum absolute atomic E-state index is 12.1. The molecule has 0 aliphatic rings. The van der Waals surface area contributed by atoms with Crippen LogP contribution in [0.4, 0.5) is 0 Å². The average Bonchev–Trinajstić information content (AvgIpc) is 2.75. The molecule has 0 amide bonds. The number of esters is 2. The fraction of sp³-hybridized carbons (Fsp3) is 0.520. The summed E-state index contributed by atoms with van der Waals surface area (Å²) < 4.78 is 22.1. The van der Waals surface area contributed by atoms with Crippen molar-refractivity contribution in [3.05, 3.63) is 59.2 Å². The topological polar surface area (TPSA) is 71.1 Å². The number of hydrogen-bond acceptors (Lipinski definition) is 6. The summed E-state index contributed by atoms with van der Waals surface area (Å²) in [5, 5.41) is 0. The van der Waals surface area contributed by atoms with E-state index in [9.17, 15) is 9.59 Å². The van der Waals surface area contributed by atoms with Gasteiger partial charge in [-0.2, -0.15) is 0 Å². The number of carbonyl (C=O) groups excluding carboxylic acids is 2. The Hall–Kier alpha value is -2.44. The smallest absolute Gasteiger partial charge is 0.337 e. The van der Waals surface area contributed by atoms with Crippen LogP contribution in [-0.2, 0) is 41.4 Å². The second kappa shape index (κ2) is 13.8. The summed E-state index contributed by atoms with van der Waals surface area (Å²) in [5.41, 5.74) is 3.15. The van der Waals surface area contributed by atoms with Crippen LogP contribution in [0.3, 0.4) is 0 Å². The molecule has 0 aromatic heterocycles. The molecule has 1 aromatic rings. The molecule has 0 aliphatic carbocycles. The number of aryl methyl sites for hydroxylation is 2. The van der Waals surface area contributed by atoms with Gasteiger partial charge < -0.3 is 18.9 Å². The molecule has 0 fully saturated rings. The molecule has 31 heavy (non-hydrogen) atoms. The van der Waals surface area contributed by atoms with Crippen molar-refractivity contribution >= 4 is 11.9 Å². The van der Waals surface area contributed by atoms with Crippen LogP contribution in [0.5, 0.6) is 0 Å². The summed E-state index contributed by atoms with van der Waals surface area (Å²) in [6.07, 6.45) is 4.31. The molecule has 6 heteroatoms. The molecule has 172 valence electrons. The van der Waals surface area contributed by atoms with Crippen molar-refractivity contribution in [1.82, 2.24) is 0 Å². The first kappa shape index (κ1) is 26.6. The molecule has 0 bridgehead atoms. The van der Waals surface area contributed by atoms with E-state index in [1.807, 2.05) is 32.9 Å².